The van der Waals surface area contributed by atoms with Crippen molar-refractivity contribution in [1.29, 1.82) is 0 Å². The quantitative estimate of drug-likeness (QED) is 0.721. The molecule has 2 aromatic rings. The Morgan fingerprint density at radius 3 is 2.18 bits per heavy atom. The van der Waals surface area contributed by atoms with Crippen molar-refractivity contribution in [1.82, 2.24) is 4.90 Å². The molecule has 4 rings (SSSR count). The Morgan fingerprint density at radius 2 is 1.61 bits per heavy atom. The van der Waals surface area contributed by atoms with Crippen LogP contribution in [-0.2, 0) is 6.18 Å². The first-order valence-corrected chi connectivity index (χ1v) is 9.22. The van der Waals surface area contributed by atoms with Crippen LogP contribution in [0.15, 0.2) is 42.5 Å². The number of hydrogen-bond acceptors (Lipinski definition) is 2. The Kier molecular flexibility index (Phi) is 4.56. The van der Waals surface area contributed by atoms with E-state index in [-0.39, 0.29) is 29.4 Å². The lowest BCUT2D eigenvalue weighted by Crippen LogP contribution is -2.46. The number of fused-ring (bicyclic) bond motifs is 2. The van der Waals surface area contributed by atoms with Crippen molar-refractivity contribution in [3.63, 3.8) is 0 Å². The number of carbonyl (C=O) groups excluding carboxylic acids is 1. The van der Waals surface area contributed by atoms with Crippen LogP contribution in [0.25, 0.3) is 0 Å². The molecule has 1 amide bonds. The van der Waals surface area contributed by atoms with Gasteiger partial charge in [0.1, 0.15) is 11.6 Å². The summed E-state index contributed by atoms with van der Waals surface area (Å²) in [5, 5.41) is 9.49. The van der Waals surface area contributed by atoms with E-state index in [1.165, 1.54) is 18.2 Å². The summed E-state index contributed by atoms with van der Waals surface area (Å²) < 4.78 is 52.3. The van der Waals surface area contributed by atoms with Crippen molar-refractivity contribution in [2.24, 2.45) is 0 Å². The average Bonchev–Trinajstić information content (AvgIpc) is 2.90. The van der Waals surface area contributed by atoms with Crippen LogP contribution in [0.4, 0.5) is 17.6 Å². The van der Waals surface area contributed by atoms with E-state index in [0.29, 0.717) is 12.8 Å². The van der Waals surface area contributed by atoms with Crippen molar-refractivity contribution < 1.29 is 27.5 Å². The van der Waals surface area contributed by atoms with Gasteiger partial charge in [-0.05, 0) is 67.5 Å². The highest BCUT2D eigenvalue weighted by atomic mass is 19.4. The van der Waals surface area contributed by atoms with Crippen molar-refractivity contribution in [3.05, 3.63) is 65.0 Å². The Bertz CT molecular complexity index is 880. The topological polar surface area (TPSA) is 40.5 Å². The average molecular weight is 393 g/mol. The molecule has 28 heavy (non-hydrogen) atoms. The van der Waals surface area contributed by atoms with Crippen molar-refractivity contribution in [2.45, 2.75) is 49.9 Å². The first-order chi connectivity index (χ1) is 13.2. The van der Waals surface area contributed by atoms with E-state index in [1.807, 2.05) is 0 Å². The number of amides is 1. The van der Waals surface area contributed by atoms with Crippen LogP contribution in [-0.4, -0.2) is 28.0 Å². The van der Waals surface area contributed by atoms with Gasteiger partial charge >= 0.3 is 6.18 Å². The van der Waals surface area contributed by atoms with Gasteiger partial charge in [0, 0.05) is 17.6 Å². The molecule has 1 N–H and O–H groups in total. The Balaban J connectivity index is 1.56. The molecular formula is C21H19F4NO2. The third-order valence-corrected chi connectivity index (χ3v) is 5.86. The fourth-order valence-corrected chi connectivity index (χ4v) is 4.56. The molecule has 2 aliphatic rings. The van der Waals surface area contributed by atoms with E-state index in [0.717, 1.165) is 30.5 Å². The smallest absolute Gasteiger partial charge is 0.419 e. The lowest BCUT2D eigenvalue weighted by Gasteiger charge is -2.39. The van der Waals surface area contributed by atoms with Gasteiger partial charge < -0.3 is 10.0 Å². The molecular weight excluding hydrogens is 374 g/mol. The van der Waals surface area contributed by atoms with Crippen molar-refractivity contribution in [2.75, 3.05) is 0 Å². The van der Waals surface area contributed by atoms with E-state index >= 15 is 0 Å². The molecule has 0 aliphatic carbocycles. The van der Waals surface area contributed by atoms with Gasteiger partial charge in [0.2, 0.25) is 0 Å². The predicted octanol–water partition coefficient (Wildman–Crippen LogP) is 5.10. The normalized spacial score (nSPS) is 24.4. The standard InChI is InChI=1S/C21H19F4NO2/c22-15-4-1-12(2-5-15)14-9-16-6-7-17(10-14)26(16)20(28)13-3-8-19(27)18(11-13)21(23,24)25/h1-5,8,11,14,16-17,27H,6-7,9-10H2. The molecule has 3 nitrogen and oxygen atoms in total. The summed E-state index contributed by atoms with van der Waals surface area (Å²) in [4.78, 5) is 14.7. The number of hydrogen-bond donors (Lipinski definition) is 1. The molecule has 2 fully saturated rings. The third-order valence-electron chi connectivity index (χ3n) is 5.86. The molecule has 2 atom stereocenters. The van der Waals surface area contributed by atoms with Crippen LogP contribution < -0.4 is 0 Å². The number of aromatic hydroxyl groups is 1. The number of halogens is 4. The van der Waals surface area contributed by atoms with Gasteiger partial charge in [0.25, 0.3) is 5.91 Å². The number of phenolic OH excluding ortho intramolecular Hbond substituents is 1. The molecule has 2 unspecified atom stereocenters. The number of piperidine rings is 1. The summed E-state index contributed by atoms with van der Waals surface area (Å²) in [5.41, 5.74) is -0.247. The summed E-state index contributed by atoms with van der Waals surface area (Å²) in [6.45, 7) is 0. The van der Waals surface area contributed by atoms with E-state index in [2.05, 4.69) is 0 Å². The number of carbonyl (C=O) groups is 1. The zero-order chi connectivity index (χ0) is 20.1. The van der Waals surface area contributed by atoms with Crippen molar-refractivity contribution in [3.8, 4) is 5.75 Å². The maximum atomic E-state index is 13.2. The summed E-state index contributed by atoms with van der Waals surface area (Å²) >= 11 is 0. The maximum absolute atomic E-state index is 13.2. The van der Waals surface area contributed by atoms with Crippen LogP contribution in [0, 0.1) is 5.82 Å². The molecule has 2 aliphatic heterocycles. The number of nitrogens with zero attached hydrogens (tertiary/aromatic N) is 1. The van der Waals surface area contributed by atoms with Gasteiger partial charge in [-0.15, -0.1) is 0 Å². The monoisotopic (exact) mass is 393 g/mol. The number of benzene rings is 2. The Hall–Kier alpha value is -2.57. The van der Waals surface area contributed by atoms with Gasteiger partial charge in [-0.3, -0.25) is 4.79 Å². The highest BCUT2D eigenvalue weighted by Crippen LogP contribution is 2.44. The second-order valence-electron chi connectivity index (χ2n) is 7.55. The lowest BCUT2D eigenvalue weighted by molar-refractivity contribution is -0.138. The molecule has 2 saturated heterocycles. The van der Waals surface area contributed by atoms with Gasteiger partial charge in [0.05, 0.1) is 5.56 Å². The van der Waals surface area contributed by atoms with E-state index in [4.69, 9.17) is 0 Å². The molecule has 7 heteroatoms. The van der Waals surface area contributed by atoms with Gasteiger partial charge in [-0.1, -0.05) is 12.1 Å². The first-order valence-electron chi connectivity index (χ1n) is 9.22. The highest BCUT2D eigenvalue weighted by molar-refractivity contribution is 5.95. The maximum Gasteiger partial charge on any atom is 0.419 e. The molecule has 2 heterocycles. The van der Waals surface area contributed by atoms with Gasteiger partial charge in [-0.2, -0.15) is 13.2 Å². The molecule has 0 spiro atoms. The molecule has 0 saturated carbocycles. The van der Waals surface area contributed by atoms with Crippen LogP contribution in [0.3, 0.4) is 0 Å². The molecule has 2 bridgehead atoms. The van der Waals surface area contributed by atoms with E-state index in [1.54, 1.807) is 17.0 Å². The SMILES string of the molecule is O=C(c1ccc(O)c(C(F)(F)F)c1)N1C2CCC1CC(c1ccc(F)cc1)C2. The van der Waals surface area contributed by atoms with Crippen LogP contribution >= 0.6 is 0 Å². The number of phenols is 1. The second kappa shape index (κ2) is 6.79. The zero-order valence-corrected chi connectivity index (χ0v) is 14.9. The molecule has 148 valence electrons. The van der Waals surface area contributed by atoms with E-state index in [9.17, 15) is 27.5 Å². The van der Waals surface area contributed by atoms with Gasteiger partial charge in [0.15, 0.2) is 0 Å². The number of rotatable bonds is 2. The minimum absolute atomic E-state index is 0.0514. The molecule has 0 radical (unpaired) electrons. The zero-order valence-electron chi connectivity index (χ0n) is 14.9. The fraction of sp³-hybridized carbons (Fsp3) is 0.381. The lowest BCUT2D eigenvalue weighted by atomic mass is 9.84. The Labute approximate surface area is 159 Å². The van der Waals surface area contributed by atoms with Gasteiger partial charge in [-0.25, -0.2) is 4.39 Å². The highest BCUT2D eigenvalue weighted by Gasteiger charge is 2.44. The van der Waals surface area contributed by atoms with E-state index < -0.39 is 23.4 Å². The first kappa shape index (κ1) is 18.8. The van der Waals surface area contributed by atoms with Crippen LogP contribution in [0.2, 0.25) is 0 Å². The van der Waals surface area contributed by atoms with Crippen LogP contribution in [0.1, 0.15) is 53.1 Å². The minimum Gasteiger partial charge on any atom is -0.507 e. The molecule has 0 aromatic heterocycles. The second-order valence-corrected chi connectivity index (χ2v) is 7.55. The summed E-state index contributed by atoms with van der Waals surface area (Å²) in [7, 11) is 0. The van der Waals surface area contributed by atoms with Crippen LogP contribution in [0.5, 0.6) is 5.75 Å². The summed E-state index contributed by atoms with van der Waals surface area (Å²) in [6.07, 6.45) is -1.71. The number of alkyl halides is 3. The molecule has 2 aromatic carbocycles. The predicted molar refractivity (Wildman–Crippen MR) is 94.5 cm³/mol. The largest absolute Gasteiger partial charge is 0.507 e. The van der Waals surface area contributed by atoms with Crippen molar-refractivity contribution >= 4 is 5.91 Å². The third kappa shape index (κ3) is 3.34. The fourth-order valence-electron chi connectivity index (χ4n) is 4.56. The summed E-state index contributed by atoms with van der Waals surface area (Å²) in [6, 6.07) is 9.13. The Morgan fingerprint density at radius 1 is 1.00 bits per heavy atom. The summed E-state index contributed by atoms with van der Waals surface area (Å²) in [5.74, 6) is -1.42. The minimum atomic E-state index is -4.73.